The molecular formula is C12H11NO3S. The van der Waals surface area contributed by atoms with Crippen LogP contribution in [-0.4, -0.2) is 8.42 Å². The standard InChI is InChI=1S/C12H11NO3S/c13-10-5-4-8-12(9-10)17(14,15)16-11-6-2-1-3-7-11/h1-9H,13H2. The van der Waals surface area contributed by atoms with E-state index in [2.05, 4.69) is 0 Å². The summed E-state index contributed by atoms with van der Waals surface area (Å²) in [6, 6.07) is 14.3. The first-order valence-corrected chi connectivity index (χ1v) is 6.34. The van der Waals surface area contributed by atoms with E-state index >= 15 is 0 Å². The Balaban J connectivity index is 2.32. The Kier molecular flexibility index (Phi) is 3.01. The number of para-hydroxylation sites is 1. The van der Waals surface area contributed by atoms with Crippen molar-refractivity contribution in [3.63, 3.8) is 0 Å². The van der Waals surface area contributed by atoms with Crippen molar-refractivity contribution >= 4 is 15.8 Å². The van der Waals surface area contributed by atoms with E-state index in [1.54, 1.807) is 42.5 Å². The number of nitrogen functional groups attached to an aromatic ring is 1. The van der Waals surface area contributed by atoms with E-state index in [1.165, 1.54) is 12.1 Å². The summed E-state index contributed by atoms with van der Waals surface area (Å²) in [6.45, 7) is 0. The third kappa shape index (κ3) is 2.76. The van der Waals surface area contributed by atoms with Gasteiger partial charge >= 0.3 is 10.1 Å². The molecule has 0 aliphatic heterocycles. The van der Waals surface area contributed by atoms with Gasteiger partial charge in [0.15, 0.2) is 0 Å². The maximum absolute atomic E-state index is 11.9. The van der Waals surface area contributed by atoms with Crippen molar-refractivity contribution in [2.45, 2.75) is 4.90 Å². The summed E-state index contributed by atoms with van der Waals surface area (Å²) in [5, 5.41) is 0. The van der Waals surface area contributed by atoms with E-state index in [9.17, 15) is 8.42 Å². The average molecular weight is 249 g/mol. The van der Waals surface area contributed by atoms with Gasteiger partial charge in [0, 0.05) is 5.69 Å². The average Bonchev–Trinajstić information content (AvgIpc) is 2.30. The molecule has 5 heteroatoms. The fourth-order valence-electron chi connectivity index (χ4n) is 1.32. The van der Waals surface area contributed by atoms with Gasteiger partial charge in [0.05, 0.1) is 0 Å². The van der Waals surface area contributed by atoms with Crippen LogP contribution < -0.4 is 9.92 Å². The Morgan fingerprint density at radius 1 is 0.941 bits per heavy atom. The highest BCUT2D eigenvalue weighted by Crippen LogP contribution is 2.19. The van der Waals surface area contributed by atoms with E-state index in [0.29, 0.717) is 5.69 Å². The van der Waals surface area contributed by atoms with Crippen LogP contribution in [0.3, 0.4) is 0 Å². The molecular weight excluding hydrogens is 238 g/mol. The summed E-state index contributed by atoms with van der Waals surface area (Å²) < 4.78 is 28.7. The topological polar surface area (TPSA) is 69.4 Å². The smallest absolute Gasteiger partial charge is 0.339 e. The molecule has 0 saturated heterocycles. The zero-order chi connectivity index (χ0) is 12.3. The van der Waals surface area contributed by atoms with Crippen molar-refractivity contribution in [3.8, 4) is 5.75 Å². The quantitative estimate of drug-likeness (QED) is 0.667. The molecule has 2 aromatic rings. The number of anilines is 1. The van der Waals surface area contributed by atoms with Crippen LogP contribution >= 0.6 is 0 Å². The molecule has 0 atom stereocenters. The second-order valence-electron chi connectivity index (χ2n) is 3.42. The molecule has 0 saturated carbocycles. The van der Waals surface area contributed by atoms with Gasteiger partial charge in [-0.1, -0.05) is 24.3 Å². The first kappa shape index (κ1) is 11.5. The van der Waals surface area contributed by atoms with Crippen molar-refractivity contribution in [1.82, 2.24) is 0 Å². The van der Waals surface area contributed by atoms with Gasteiger partial charge in [0.25, 0.3) is 0 Å². The van der Waals surface area contributed by atoms with Crippen LogP contribution in [0.15, 0.2) is 59.5 Å². The maximum Gasteiger partial charge on any atom is 0.339 e. The summed E-state index contributed by atoms with van der Waals surface area (Å²) in [6.07, 6.45) is 0. The fraction of sp³-hybridized carbons (Fsp3) is 0. The molecule has 2 N–H and O–H groups in total. The monoisotopic (exact) mass is 249 g/mol. The summed E-state index contributed by atoms with van der Waals surface area (Å²) >= 11 is 0. The molecule has 0 radical (unpaired) electrons. The molecule has 0 spiro atoms. The molecule has 0 fully saturated rings. The lowest BCUT2D eigenvalue weighted by molar-refractivity contribution is 0.486. The normalized spacial score (nSPS) is 11.1. The minimum absolute atomic E-state index is 0.0429. The molecule has 2 aromatic carbocycles. The Morgan fingerprint density at radius 3 is 2.29 bits per heavy atom. The van der Waals surface area contributed by atoms with Gasteiger partial charge in [-0.15, -0.1) is 0 Å². The summed E-state index contributed by atoms with van der Waals surface area (Å²) in [4.78, 5) is 0.0429. The van der Waals surface area contributed by atoms with Crippen molar-refractivity contribution < 1.29 is 12.6 Å². The van der Waals surface area contributed by atoms with Gasteiger partial charge in [-0.25, -0.2) is 0 Å². The van der Waals surface area contributed by atoms with Crippen molar-refractivity contribution in [2.24, 2.45) is 0 Å². The van der Waals surface area contributed by atoms with Gasteiger partial charge in [-0.3, -0.25) is 0 Å². The molecule has 0 aromatic heterocycles. The van der Waals surface area contributed by atoms with Crippen molar-refractivity contribution in [2.75, 3.05) is 5.73 Å². The van der Waals surface area contributed by atoms with Gasteiger partial charge < -0.3 is 9.92 Å². The van der Waals surface area contributed by atoms with Gasteiger partial charge in [0.2, 0.25) is 0 Å². The van der Waals surface area contributed by atoms with Gasteiger partial charge in [0.1, 0.15) is 10.6 Å². The van der Waals surface area contributed by atoms with Crippen LogP contribution in [0, 0.1) is 0 Å². The highest BCUT2D eigenvalue weighted by atomic mass is 32.2. The van der Waals surface area contributed by atoms with Crippen molar-refractivity contribution in [1.29, 1.82) is 0 Å². The Morgan fingerprint density at radius 2 is 1.65 bits per heavy atom. The van der Waals surface area contributed by atoms with Crippen LogP contribution in [0.5, 0.6) is 5.75 Å². The maximum atomic E-state index is 11.9. The molecule has 2 rings (SSSR count). The predicted octanol–water partition coefficient (Wildman–Crippen LogP) is 2.04. The fourth-order valence-corrected chi connectivity index (χ4v) is 2.31. The van der Waals surface area contributed by atoms with E-state index in [-0.39, 0.29) is 10.6 Å². The van der Waals surface area contributed by atoms with Crippen LogP contribution in [-0.2, 0) is 10.1 Å². The lowest BCUT2D eigenvalue weighted by atomic mass is 10.3. The molecule has 0 bridgehead atoms. The first-order chi connectivity index (χ1) is 8.08. The van der Waals surface area contributed by atoms with Crippen LogP contribution in [0.2, 0.25) is 0 Å². The molecule has 0 aliphatic rings. The zero-order valence-electron chi connectivity index (χ0n) is 8.91. The highest BCUT2D eigenvalue weighted by Gasteiger charge is 2.16. The lowest BCUT2D eigenvalue weighted by Crippen LogP contribution is -2.09. The second-order valence-corrected chi connectivity index (χ2v) is 4.97. The lowest BCUT2D eigenvalue weighted by Gasteiger charge is -2.06. The zero-order valence-corrected chi connectivity index (χ0v) is 9.72. The van der Waals surface area contributed by atoms with Crippen LogP contribution in [0.25, 0.3) is 0 Å². The number of rotatable bonds is 3. The van der Waals surface area contributed by atoms with E-state index < -0.39 is 10.1 Å². The number of hydrogen-bond acceptors (Lipinski definition) is 4. The van der Waals surface area contributed by atoms with Crippen LogP contribution in [0.4, 0.5) is 5.69 Å². The van der Waals surface area contributed by atoms with Crippen LogP contribution in [0.1, 0.15) is 0 Å². The van der Waals surface area contributed by atoms with Gasteiger partial charge in [-0.2, -0.15) is 8.42 Å². The molecule has 0 amide bonds. The third-order valence-electron chi connectivity index (χ3n) is 2.10. The van der Waals surface area contributed by atoms with Crippen molar-refractivity contribution in [3.05, 3.63) is 54.6 Å². The van der Waals surface area contributed by atoms with E-state index in [0.717, 1.165) is 0 Å². The van der Waals surface area contributed by atoms with Gasteiger partial charge in [-0.05, 0) is 30.3 Å². The largest absolute Gasteiger partial charge is 0.399 e. The Labute approximate surface area is 99.8 Å². The number of hydrogen-bond donors (Lipinski definition) is 1. The second kappa shape index (κ2) is 4.47. The number of nitrogens with two attached hydrogens (primary N) is 1. The summed E-state index contributed by atoms with van der Waals surface area (Å²) in [5.74, 6) is 0.273. The predicted molar refractivity (Wildman–Crippen MR) is 65.1 cm³/mol. The Hall–Kier alpha value is -2.01. The molecule has 4 nitrogen and oxygen atoms in total. The third-order valence-corrected chi connectivity index (χ3v) is 3.34. The molecule has 17 heavy (non-hydrogen) atoms. The SMILES string of the molecule is Nc1cccc(S(=O)(=O)Oc2ccccc2)c1. The van der Waals surface area contributed by atoms with E-state index in [4.69, 9.17) is 9.92 Å². The van der Waals surface area contributed by atoms with E-state index in [1.807, 2.05) is 0 Å². The minimum Gasteiger partial charge on any atom is -0.399 e. The molecule has 0 heterocycles. The minimum atomic E-state index is -3.82. The highest BCUT2D eigenvalue weighted by molar-refractivity contribution is 7.87. The Bertz CT molecular complexity index is 609. The molecule has 0 unspecified atom stereocenters. The first-order valence-electron chi connectivity index (χ1n) is 4.93. The summed E-state index contributed by atoms with van der Waals surface area (Å²) in [5.41, 5.74) is 5.91. The summed E-state index contributed by atoms with van der Waals surface area (Å²) in [7, 11) is -3.82. The number of benzene rings is 2. The molecule has 0 aliphatic carbocycles. The molecule has 88 valence electrons.